The molecule has 0 saturated carbocycles. The molecule has 0 aromatic carbocycles. The molecule has 0 aliphatic rings. The van der Waals surface area contributed by atoms with Crippen LogP contribution >= 0.6 is 29.6 Å². The predicted molar refractivity (Wildman–Crippen MR) is 38.5 cm³/mol. The first-order chi connectivity index (χ1) is 1.41. The van der Waals surface area contributed by atoms with Gasteiger partial charge >= 0.3 is 37.7 Å². The molecule has 0 saturated heterocycles. The molecule has 0 radical (unpaired) electrons. The second-order valence-corrected chi connectivity index (χ2v) is 0.300. The monoisotopic (exact) mass is 198 g/mol. The number of halogens is 1. The number of hydrogen-bond donors (Lipinski definition) is 2. The van der Waals surface area contributed by atoms with Crippen molar-refractivity contribution >= 4 is 67.3 Å². The van der Waals surface area contributed by atoms with E-state index in [1.54, 1.807) is 0 Å². The van der Waals surface area contributed by atoms with Crippen molar-refractivity contribution < 1.29 is 0 Å². The minimum atomic E-state index is 0. The van der Waals surface area contributed by atoms with E-state index < -0.39 is 0 Å². The second kappa shape index (κ2) is 31.1. The molecule has 0 amide bonds. The summed E-state index contributed by atoms with van der Waals surface area (Å²) in [5.74, 6) is 0. The number of thiol groups is 1. The standard InChI is InChI=1S/CHNS.BrH.Ca.H3N.2H/c2-1-3;;;;;/h3H;1H;;1H3;;. The van der Waals surface area contributed by atoms with Crippen LogP contribution in [0, 0.1) is 10.7 Å². The van der Waals surface area contributed by atoms with Crippen LogP contribution < -0.4 is 6.15 Å². The summed E-state index contributed by atoms with van der Waals surface area (Å²) in [4.78, 5) is 0. The van der Waals surface area contributed by atoms with Gasteiger partial charge in [0.05, 0.1) is 0 Å². The summed E-state index contributed by atoms with van der Waals surface area (Å²) in [6, 6.07) is 0. The Morgan fingerprint density at radius 1 is 1.50 bits per heavy atom. The van der Waals surface area contributed by atoms with E-state index in [0.29, 0.717) is 0 Å². The first-order valence-corrected chi connectivity index (χ1v) is 0.894. The Hall–Kier alpha value is 1.54. The number of hydrogen-bond acceptors (Lipinski definition) is 3. The molecular formula is CH7BrCaN2S. The van der Waals surface area contributed by atoms with Crippen molar-refractivity contribution in [2.45, 2.75) is 0 Å². The van der Waals surface area contributed by atoms with Gasteiger partial charge in [0.1, 0.15) is 5.40 Å². The third-order valence-electron chi connectivity index (χ3n) is 0. The van der Waals surface area contributed by atoms with Crippen LogP contribution in [-0.2, 0) is 0 Å². The first-order valence-electron chi connectivity index (χ1n) is 0.447. The van der Waals surface area contributed by atoms with Gasteiger partial charge in [0.2, 0.25) is 0 Å². The van der Waals surface area contributed by atoms with E-state index in [2.05, 4.69) is 12.6 Å². The Labute approximate surface area is 83.1 Å². The quantitative estimate of drug-likeness (QED) is 0.333. The van der Waals surface area contributed by atoms with Crippen molar-refractivity contribution in [3.05, 3.63) is 0 Å². The molecule has 6 heavy (non-hydrogen) atoms. The molecule has 0 aliphatic heterocycles. The van der Waals surface area contributed by atoms with Crippen molar-refractivity contribution in [3.63, 3.8) is 0 Å². The van der Waals surface area contributed by atoms with E-state index in [0.717, 1.165) is 0 Å². The summed E-state index contributed by atoms with van der Waals surface area (Å²) in [7, 11) is 0. The van der Waals surface area contributed by atoms with Crippen LogP contribution in [0.1, 0.15) is 0 Å². The molecule has 3 N–H and O–H groups in total. The van der Waals surface area contributed by atoms with Gasteiger partial charge in [-0.25, -0.2) is 0 Å². The van der Waals surface area contributed by atoms with Gasteiger partial charge in [-0.15, -0.1) is 17.0 Å². The Morgan fingerprint density at radius 3 is 1.50 bits per heavy atom. The molecule has 0 aromatic heterocycles. The number of nitrogens with zero attached hydrogens (tertiary/aromatic N) is 1. The Balaban J connectivity index is -0.00000000667. The fourth-order valence-electron chi connectivity index (χ4n) is 0. The summed E-state index contributed by atoms with van der Waals surface area (Å²) < 4.78 is 0. The van der Waals surface area contributed by atoms with Crippen LogP contribution in [0.25, 0.3) is 0 Å². The fraction of sp³-hybridized carbons (Fsp3) is 0. The first kappa shape index (κ1) is 25.7. The molecule has 5 heteroatoms. The molecule has 36 valence electrons. The molecule has 0 spiro atoms. The normalized spacial score (nSPS) is 1.33. The molecule has 0 fully saturated rings. The van der Waals surface area contributed by atoms with E-state index in [1.807, 2.05) is 0 Å². The Morgan fingerprint density at radius 2 is 1.50 bits per heavy atom. The van der Waals surface area contributed by atoms with Crippen molar-refractivity contribution in [1.82, 2.24) is 6.15 Å². The van der Waals surface area contributed by atoms with Crippen LogP contribution in [0.5, 0.6) is 0 Å². The minimum absolute atomic E-state index is 0. The van der Waals surface area contributed by atoms with Crippen LogP contribution in [-0.4, -0.2) is 37.7 Å². The number of rotatable bonds is 0. The number of nitriles is 1. The maximum atomic E-state index is 7.18. The fourth-order valence-corrected chi connectivity index (χ4v) is 0. The molecule has 0 rings (SSSR count). The van der Waals surface area contributed by atoms with Gasteiger partial charge in [-0.05, 0) is 0 Å². The van der Waals surface area contributed by atoms with E-state index in [1.165, 1.54) is 5.40 Å². The molecule has 0 atom stereocenters. The zero-order valence-corrected chi connectivity index (χ0v) is 5.12. The molecule has 0 bridgehead atoms. The Bertz CT molecular complexity index is 35.0. The van der Waals surface area contributed by atoms with Crippen molar-refractivity contribution in [2.75, 3.05) is 0 Å². The zero-order valence-electron chi connectivity index (χ0n) is 2.51. The van der Waals surface area contributed by atoms with Gasteiger partial charge in [-0.3, -0.25) is 0 Å². The number of thiocyanates is 1. The van der Waals surface area contributed by atoms with Crippen LogP contribution in [0.3, 0.4) is 0 Å². The van der Waals surface area contributed by atoms with E-state index in [9.17, 15) is 0 Å². The molecule has 0 unspecified atom stereocenters. The van der Waals surface area contributed by atoms with Crippen LogP contribution in [0.15, 0.2) is 0 Å². The van der Waals surface area contributed by atoms with Gasteiger partial charge < -0.3 is 6.15 Å². The molecule has 0 aromatic rings. The average molecular weight is 199 g/mol. The summed E-state index contributed by atoms with van der Waals surface area (Å²) in [6.07, 6.45) is 0. The maximum absolute atomic E-state index is 7.18. The second-order valence-electron chi connectivity index (χ2n) is 0.100. The van der Waals surface area contributed by atoms with E-state index in [4.69, 9.17) is 5.26 Å². The van der Waals surface area contributed by atoms with E-state index >= 15 is 0 Å². The molecule has 0 aliphatic carbocycles. The third-order valence-corrected chi connectivity index (χ3v) is 0. The summed E-state index contributed by atoms with van der Waals surface area (Å²) in [6.45, 7) is 0. The van der Waals surface area contributed by atoms with Crippen molar-refractivity contribution in [2.24, 2.45) is 0 Å². The van der Waals surface area contributed by atoms with Gasteiger partial charge in [-0.1, -0.05) is 12.6 Å². The summed E-state index contributed by atoms with van der Waals surface area (Å²) in [5.41, 5.74) is 0. The zero-order chi connectivity index (χ0) is 2.71. The summed E-state index contributed by atoms with van der Waals surface area (Å²) in [5, 5.41) is 8.63. The predicted octanol–water partition coefficient (Wildman–Crippen LogP) is 0.221. The van der Waals surface area contributed by atoms with Crippen LogP contribution in [0.4, 0.5) is 0 Å². The molecular weight excluding hydrogens is 192 g/mol. The summed E-state index contributed by atoms with van der Waals surface area (Å²) >= 11 is 3.09. The van der Waals surface area contributed by atoms with Gasteiger partial charge in [-0.2, -0.15) is 5.26 Å². The van der Waals surface area contributed by atoms with Gasteiger partial charge in [0, 0.05) is 0 Å². The van der Waals surface area contributed by atoms with Gasteiger partial charge in [0.15, 0.2) is 0 Å². The van der Waals surface area contributed by atoms with E-state index in [-0.39, 0.29) is 60.9 Å². The molecule has 2 nitrogen and oxygen atoms in total. The topological polar surface area (TPSA) is 58.8 Å². The third kappa shape index (κ3) is 48.2. The van der Waals surface area contributed by atoms with Crippen molar-refractivity contribution in [1.29, 1.82) is 5.26 Å². The average Bonchev–Trinajstić information content (AvgIpc) is 0.918. The van der Waals surface area contributed by atoms with Crippen molar-refractivity contribution in [3.8, 4) is 5.40 Å². The van der Waals surface area contributed by atoms with Crippen LogP contribution in [0.2, 0.25) is 0 Å². The molecule has 0 heterocycles. The Kier molecular flexibility index (Phi) is 133. The van der Waals surface area contributed by atoms with Gasteiger partial charge in [0.25, 0.3) is 0 Å². The SMILES string of the molecule is Br.N.N#CS.[CaH2].